The van der Waals surface area contributed by atoms with Crippen molar-refractivity contribution < 1.29 is 18.9 Å². The summed E-state index contributed by atoms with van der Waals surface area (Å²) in [6.45, 7) is 6.96. The lowest BCUT2D eigenvalue weighted by Gasteiger charge is -2.37. The zero-order valence-electron chi connectivity index (χ0n) is 29.0. The minimum absolute atomic E-state index is 0.0107. The number of aromatic nitrogens is 1. The summed E-state index contributed by atoms with van der Waals surface area (Å²) in [5.74, 6) is -0.0594. The molecule has 0 atom stereocenters. The van der Waals surface area contributed by atoms with Crippen molar-refractivity contribution in [2.75, 3.05) is 89.3 Å². The van der Waals surface area contributed by atoms with Gasteiger partial charge in [-0.05, 0) is 71.3 Å². The average molecular weight is 731 g/mol. The molecule has 0 N–H and O–H groups in total. The summed E-state index contributed by atoms with van der Waals surface area (Å²) in [6, 6.07) is 34.9. The highest BCUT2D eigenvalue weighted by Gasteiger charge is 2.23. The number of halogens is 2. The molecule has 2 heterocycles. The second-order valence-corrected chi connectivity index (χ2v) is 13.4. The summed E-state index contributed by atoms with van der Waals surface area (Å²) < 4.78 is 23.9. The smallest absolute Gasteiger partial charge is 0.274 e. The third-order valence-electron chi connectivity index (χ3n) is 9.22. The maximum absolute atomic E-state index is 14.3. The molecule has 0 aliphatic carbocycles. The van der Waals surface area contributed by atoms with Crippen LogP contribution in [0.15, 0.2) is 108 Å². The second-order valence-electron chi connectivity index (χ2n) is 12.5. The predicted octanol–water partition coefficient (Wildman–Crippen LogP) is 7.51. The molecule has 1 aromatic heterocycles. The molecule has 1 aliphatic rings. The number of pyridine rings is 1. The van der Waals surface area contributed by atoms with Crippen LogP contribution in [0.25, 0.3) is 10.9 Å². The molecule has 1 fully saturated rings. The number of methoxy groups -OCH3 is 1. The van der Waals surface area contributed by atoms with Crippen LogP contribution in [0.2, 0.25) is 10.0 Å². The Balaban J connectivity index is 1.26. The first-order valence-electron chi connectivity index (χ1n) is 17.5. The molecule has 1 aliphatic heterocycles. The monoisotopic (exact) mass is 729 g/mol. The first-order valence-corrected chi connectivity index (χ1v) is 18.2. The summed E-state index contributed by atoms with van der Waals surface area (Å²) in [7, 11) is 1.65. The van der Waals surface area contributed by atoms with Gasteiger partial charge < -0.3 is 33.3 Å². The molecule has 8 nitrogen and oxygen atoms in total. The molecule has 10 heteroatoms. The minimum Gasteiger partial charge on any atom is -0.382 e. The van der Waals surface area contributed by atoms with Crippen LogP contribution >= 0.6 is 23.2 Å². The predicted molar refractivity (Wildman–Crippen MR) is 207 cm³/mol. The van der Waals surface area contributed by atoms with Crippen LogP contribution in [0.4, 0.5) is 11.4 Å². The van der Waals surface area contributed by atoms with Crippen molar-refractivity contribution in [2.45, 2.75) is 12.5 Å². The van der Waals surface area contributed by atoms with Gasteiger partial charge in [0.15, 0.2) is 0 Å². The van der Waals surface area contributed by atoms with Crippen molar-refractivity contribution in [3.05, 3.63) is 140 Å². The molecule has 6 rings (SSSR count). The molecule has 0 radical (unpaired) electrons. The van der Waals surface area contributed by atoms with E-state index in [0.717, 1.165) is 53.8 Å². The van der Waals surface area contributed by atoms with Gasteiger partial charge in [0.25, 0.3) is 5.56 Å². The molecule has 4 aromatic carbocycles. The van der Waals surface area contributed by atoms with E-state index >= 15 is 0 Å². The lowest BCUT2D eigenvalue weighted by Crippen LogP contribution is -2.48. The Bertz CT molecular complexity index is 1830. The van der Waals surface area contributed by atoms with Crippen LogP contribution in [0.1, 0.15) is 22.6 Å². The van der Waals surface area contributed by atoms with Crippen molar-refractivity contribution in [1.29, 1.82) is 0 Å². The van der Waals surface area contributed by atoms with Crippen LogP contribution in [0.5, 0.6) is 0 Å². The van der Waals surface area contributed by atoms with E-state index in [0.29, 0.717) is 68.5 Å². The first-order chi connectivity index (χ1) is 25.0. The third-order valence-corrected chi connectivity index (χ3v) is 9.72. The number of hydrogen-bond donors (Lipinski definition) is 0. The van der Waals surface area contributed by atoms with Gasteiger partial charge in [-0.3, -0.25) is 4.79 Å². The Labute approximate surface area is 310 Å². The van der Waals surface area contributed by atoms with Crippen molar-refractivity contribution in [2.24, 2.45) is 0 Å². The minimum atomic E-state index is -0.0594. The molecule has 0 saturated carbocycles. The van der Waals surface area contributed by atoms with Gasteiger partial charge in [-0.1, -0.05) is 71.7 Å². The zero-order chi connectivity index (χ0) is 35.4. The van der Waals surface area contributed by atoms with E-state index in [4.69, 9.17) is 42.1 Å². The fourth-order valence-corrected chi connectivity index (χ4v) is 6.84. The number of hydrogen-bond acceptors (Lipinski definition) is 7. The van der Waals surface area contributed by atoms with Gasteiger partial charge in [-0.2, -0.15) is 0 Å². The molecule has 1 saturated heterocycles. The lowest BCUT2D eigenvalue weighted by atomic mass is 9.84. The Morgan fingerprint density at radius 2 is 1.14 bits per heavy atom. The number of para-hydroxylation sites is 1. The second kappa shape index (κ2) is 18.6. The van der Waals surface area contributed by atoms with Gasteiger partial charge in [0.05, 0.1) is 51.8 Å². The highest BCUT2D eigenvalue weighted by molar-refractivity contribution is 6.30. The quantitative estimate of drug-likeness (QED) is 0.0725. The van der Waals surface area contributed by atoms with Crippen LogP contribution in [-0.4, -0.2) is 84.1 Å². The van der Waals surface area contributed by atoms with Gasteiger partial charge >= 0.3 is 0 Å². The topological polar surface area (TPSA) is 65.4 Å². The van der Waals surface area contributed by atoms with Crippen molar-refractivity contribution in [3.8, 4) is 0 Å². The van der Waals surface area contributed by atoms with E-state index in [-0.39, 0.29) is 11.5 Å². The molecule has 5 aromatic rings. The molecule has 51 heavy (non-hydrogen) atoms. The number of rotatable bonds is 17. The van der Waals surface area contributed by atoms with Gasteiger partial charge in [0.1, 0.15) is 5.69 Å². The number of ether oxygens (including phenoxy) is 4. The molecular formula is C41H45Cl2N3O5. The van der Waals surface area contributed by atoms with Gasteiger partial charge in [0, 0.05) is 66.9 Å². The van der Waals surface area contributed by atoms with E-state index in [2.05, 4.69) is 82.6 Å². The van der Waals surface area contributed by atoms with Gasteiger partial charge in [-0.15, -0.1) is 0 Å². The zero-order valence-corrected chi connectivity index (χ0v) is 30.5. The fourth-order valence-electron chi connectivity index (χ4n) is 6.59. The van der Waals surface area contributed by atoms with Crippen molar-refractivity contribution in [1.82, 2.24) is 4.57 Å². The van der Waals surface area contributed by atoms with Crippen LogP contribution in [0.3, 0.4) is 0 Å². The molecule has 0 unspecified atom stereocenters. The number of fused-ring (bicyclic) bond motifs is 1. The summed E-state index contributed by atoms with van der Waals surface area (Å²) in [4.78, 5) is 18.9. The van der Waals surface area contributed by atoms with E-state index in [1.165, 1.54) is 5.69 Å². The maximum atomic E-state index is 14.3. The highest BCUT2D eigenvalue weighted by Crippen LogP contribution is 2.35. The summed E-state index contributed by atoms with van der Waals surface area (Å²) >= 11 is 12.6. The highest BCUT2D eigenvalue weighted by atomic mass is 35.5. The van der Waals surface area contributed by atoms with Crippen molar-refractivity contribution in [3.63, 3.8) is 0 Å². The summed E-state index contributed by atoms with van der Waals surface area (Å²) in [5.41, 5.74) is 6.11. The number of anilines is 2. The first kappa shape index (κ1) is 36.9. The third kappa shape index (κ3) is 9.71. The number of piperazine rings is 1. The molecule has 0 amide bonds. The Hall–Kier alpha value is -3.89. The van der Waals surface area contributed by atoms with E-state index in [1.807, 2.05) is 34.9 Å². The fraction of sp³-hybridized carbons (Fsp3) is 0.341. The number of nitrogens with zero attached hydrogens (tertiary/aromatic N) is 3. The Kier molecular flexibility index (Phi) is 13.4. The van der Waals surface area contributed by atoms with Gasteiger partial charge in [0.2, 0.25) is 0 Å². The standard InChI is InChI=1S/C41H45Cl2N3O5/c1-48-23-24-50-27-28-51-26-25-49-22-21-46-38-16-11-33(40(31-7-12-35(42)13-8-31)32-9-14-36(43)15-10-32)29-34(38)30-39(41(46)47)45-19-17-44(18-20-45)37-5-3-2-4-6-37/h2-16,29-30,40H,17-28H2,1H3. The SMILES string of the molecule is COCCOCCOCCOCCn1c(=O)c(N2CCN(c3ccccc3)CC2)cc2cc(C(c3ccc(Cl)cc3)c3ccc(Cl)cc3)ccc21. The van der Waals surface area contributed by atoms with Crippen LogP contribution in [0, 0.1) is 0 Å². The molecular weight excluding hydrogens is 685 g/mol. The van der Waals surface area contributed by atoms with Gasteiger partial charge in [-0.25, -0.2) is 0 Å². The molecule has 0 bridgehead atoms. The van der Waals surface area contributed by atoms with E-state index in [9.17, 15) is 4.79 Å². The van der Waals surface area contributed by atoms with E-state index < -0.39 is 0 Å². The summed E-state index contributed by atoms with van der Waals surface area (Å²) in [5, 5.41) is 2.38. The molecule has 0 spiro atoms. The van der Waals surface area contributed by atoms with Crippen LogP contribution < -0.4 is 15.4 Å². The Morgan fingerprint density at radius 1 is 0.608 bits per heavy atom. The average Bonchev–Trinajstić information content (AvgIpc) is 3.16. The summed E-state index contributed by atoms with van der Waals surface area (Å²) in [6.07, 6.45) is 0. The number of benzene rings is 4. The van der Waals surface area contributed by atoms with Crippen molar-refractivity contribution >= 4 is 45.5 Å². The normalized spacial score (nSPS) is 13.4. The largest absolute Gasteiger partial charge is 0.382 e. The Morgan fingerprint density at radius 3 is 1.73 bits per heavy atom. The lowest BCUT2D eigenvalue weighted by molar-refractivity contribution is 0.00277. The molecule has 268 valence electrons. The maximum Gasteiger partial charge on any atom is 0.274 e. The van der Waals surface area contributed by atoms with E-state index in [1.54, 1.807) is 7.11 Å². The van der Waals surface area contributed by atoms with Crippen LogP contribution in [-0.2, 0) is 25.5 Å².